The van der Waals surface area contributed by atoms with Crippen LogP contribution in [-0.2, 0) is 17.8 Å². The molecule has 5 aromatic rings. The number of para-hydroxylation sites is 1. The van der Waals surface area contributed by atoms with Gasteiger partial charge in [0, 0.05) is 11.9 Å². The van der Waals surface area contributed by atoms with Crippen molar-refractivity contribution in [3.8, 4) is 0 Å². The van der Waals surface area contributed by atoms with Gasteiger partial charge in [-0.25, -0.2) is 9.61 Å². The van der Waals surface area contributed by atoms with Crippen LogP contribution in [0.3, 0.4) is 0 Å². The predicted molar refractivity (Wildman–Crippen MR) is 121 cm³/mol. The molecule has 1 amide bonds. The molecule has 5 rings (SSSR count). The van der Waals surface area contributed by atoms with Gasteiger partial charge in [0.05, 0.1) is 11.3 Å². The second-order valence-corrected chi connectivity index (χ2v) is 7.95. The summed E-state index contributed by atoms with van der Waals surface area (Å²) in [5, 5.41) is 19.5. The molecule has 0 aliphatic heterocycles. The molecule has 160 valence electrons. The Labute approximate surface area is 186 Å². The number of amides is 1. The van der Waals surface area contributed by atoms with Crippen molar-refractivity contribution in [2.24, 2.45) is 0 Å². The van der Waals surface area contributed by atoms with E-state index in [1.807, 2.05) is 36.4 Å². The van der Waals surface area contributed by atoms with Crippen LogP contribution in [0.15, 0.2) is 64.4 Å². The van der Waals surface area contributed by atoms with E-state index in [0.717, 1.165) is 35.0 Å². The number of carbonyl (C=O) groups excluding carboxylic acids is 1. The number of fused-ring (bicyclic) bond motifs is 3. The molecule has 0 saturated heterocycles. The zero-order chi connectivity index (χ0) is 21.9. The third kappa shape index (κ3) is 3.97. The van der Waals surface area contributed by atoms with Crippen molar-refractivity contribution in [1.82, 2.24) is 30.1 Å². The first-order valence-corrected chi connectivity index (χ1v) is 10.8. The molecule has 0 fully saturated rings. The fourth-order valence-electron chi connectivity index (χ4n) is 3.44. The maximum absolute atomic E-state index is 12.2. The second-order valence-electron chi connectivity index (χ2n) is 7.01. The molecule has 32 heavy (non-hydrogen) atoms. The number of nitrogens with zero attached hydrogens (tertiary/aromatic N) is 6. The minimum atomic E-state index is -0.328. The number of aryl methyl sites for hydroxylation is 2. The highest BCUT2D eigenvalue weighted by Crippen LogP contribution is 2.27. The maximum atomic E-state index is 12.2. The summed E-state index contributed by atoms with van der Waals surface area (Å²) in [7, 11) is 0. The van der Waals surface area contributed by atoms with Gasteiger partial charge in [0.1, 0.15) is 5.52 Å². The predicted octanol–water partition coefficient (Wildman–Crippen LogP) is 2.92. The van der Waals surface area contributed by atoms with Crippen LogP contribution < -0.4 is 11.1 Å². The summed E-state index contributed by atoms with van der Waals surface area (Å²) in [5.74, 6) is -0.161. The molecule has 0 spiro atoms. The number of nitrogens with one attached hydrogen (secondary N) is 1. The second kappa shape index (κ2) is 8.63. The molecule has 0 aliphatic carbocycles. The number of anilines is 2. The van der Waals surface area contributed by atoms with Gasteiger partial charge in [-0.2, -0.15) is 0 Å². The van der Waals surface area contributed by atoms with Crippen molar-refractivity contribution in [1.29, 1.82) is 0 Å². The molecular formula is C21H18N8O2S. The van der Waals surface area contributed by atoms with Crippen molar-refractivity contribution in [2.45, 2.75) is 18.1 Å². The van der Waals surface area contributed by atoms with Gasteiger partial charge in [0.15, 0.2) is 5.65 Å². The fraction of sp³-hybridized carbons (Fsp3) is 0.143. The molecular weight excluding hydrogens is 428 g/mol. The first-order chi connectivity index (χ1) is 15.7. The minimum Gasteiger partial charge on any atom is -0.378 e. The van der Waals surface area contributed by atoms with Crippen LogP contribution in [0.1, 0.15) is 5.56 Å². The maximum Gasteiger partial charge on any atom is 0.236 e. The number of carbonyl (C=O) groups is 1. The van der Waals surface area contributed by atoms with E-state index in [4.69, 9.17) is 10.7 Å². The molecule has 0 radical (unpaired) electrons. The fourth-order valence-corrected chi connectivity index (χ4v) is 4.02. The van der Waals surface area contributed by atoms with Gasteiger partial charge in [-0.1, -0.05) is 60.3 Å². The Morgan fingerprint density at radius 3 is 2.69 bits per heavy atom. The normalized spacial score (nSPS) is 11.2. The van der Waals surface area contributed by atoms with Crippen LogP contribution in [0.2, 0.25) is 0 Å². The van der Waals surface area contributed by atoms with Crippen molar-refractivity contribution in [3.63, 3.8) is 0 Å². The number of thioether (sulfide) groups is 1. The first kappa shape index (κ1) is 19.9. The summed E-state index contributed by atoms with van der Waals surface area (Å²) >= 11 is 1.17. The van der Waals surface area contributed by atoms with Gasteiger partial charge >= 0.3 is 0 Å². The van der Waals surface area contributed by atoms with Crippen LogP contribution in [0.25, 0.3) is 22.1 Å². The van der Waals surface area contributed by atoms with Crippen LogP contribution in [0.5, 0.6) is 0 Å². The van der Waals surface area contributed by atoms with Crippen LogP contribution in [0.4, 0.5) is 11.6 Å². The van der Waals surface area contributed by atoms with E-state index in [-0.39, 0.29) is 23.3 Å². The monoisotopic (exact) mass is 446 g/mol. The highest BCUT2D eigenvalue weighted by Gasteiger charge is 2.16. The summed E-state index contributed by atoms with van der Waals surface area (Å²) in [6.45, 7) is 0.746. The summed E-state index contributed by atoms with van der Waals surface area (Å²) in [6.07, 6.45) is 0.858. The van der Waals surface area contributed by atoms with Crippen molar-refractivity contribution in [2.75, 3.05) is 16.8 Å². The molecule has 0 unspecified atom stereocenters. The summed E-state index contributed by atoms with van der Waals surface area (Å²) < 4.78 is 6.62. The van der Waals surface area contributed by atoms with Crippen molar-refractivity contribution < 1.29 is 9.42 Å². The lowest BCUT2D eigenvalue weighted by atomic mass is 10.1. The van der Waals surface area contributed by atoms with Crippen LogP contribution in [0, 0.1) is 0 Å². The molecule has 2 aromatic carbocycles. The highest BCUT2D eigenvalue weighted by atomic mass is 32.2. The molecule has 3 N–H and O–H groups in total. The Bertz CT molecular complexity index is 1400. The summed E-state index contributed by atoms with van der Waals surface area (Å²) in [5.41, 5.74) is 9.33. The Morgan fingerprint density at radius 2 is 1.88 bits per heavy atom. The van der Waals surface area contributed by atoms with E-state index in [1.165, 1.54) is 17.3 Å². The molecule has 10 nitrogen and oxygen atoms in total. The average Bonchev–Trinajstić information content (AvgIpc) is 3.37. The number of aromatic nitrogens is 6. The van der Waals surface area contributed by atoms with E-state index >= 15 is 0 Å². The van der Waals surface area contributed by atoms with Gasteiger partial charge in [0.2, 0.25) is 22.7 Å². The zero-order valence-corrected chi connectivity index (χ0v) is 17.6. The molecule has 0 bridgehead atoms. The third-order valence-electron chi connectivity index (χ3n) is 4.93. The molecule has 3 heterocycles. The first-order valence-electron chi connectivity index (χ1n) is 9.85. The standard InChI is InChI=1S/C21H18N8O2S/c22-18-19(28-31-27-18)23-16(30)12-32-21-24-20-17(25-26-21)14-8-4-5-9-15(14)29(20)11-10-13-6-2-1-3-7-13/h1-9H,10-12H2,(H2,22,27)(H,23,28,30). The SMILES string of the molecule is Nc1nonc1NC(=O)CSc1nnc2c3ccccc3n(CCc3ccccc3)c2n1. The number of benzene rings is 2. The Hall–Kier alpha value is -3.99. The number of nitrogens with two attached hydrogens (primary N) is 1. The number of hydrogen-bond acceptors (Lipinski definition) is 9. The Kier molecular flexibility index (Phi) is 5.38. The van der Waals surface area contributed by atoms with E-state index in [2.05, 4.69) is 53.2 Å². The average molecular weight is 446 g/mol. The highest BCUT2D eigenvalue weighted by molar-refractivity contribution is 7.99. The Balaban J connectivity index is 1.40. The molecule has 0 atom stereocenters. The lowest BCUT2D eigenvalue weighted by Gasteiger charge is -2.07. The topological polar surface area (TPSA) is 138 Å². The van der Waals surface area contributed by atoms with Crippen LogP contribution >= 0.6 is 11.8 Å². The van der Waals surface area contributed by atoms with E-state index in [9.17, 15) is 4.79 Å². The lowest BCUT2D eigenvalue weighted by molar-refractivity contribution is -0.113. The van der Waals surface area contributed by atoms with Crippen molar-refractivity contribution >= 4 is 51.4 Å². The van der Waals surface area contributed by atoms with Crippen LogP contribution in [-0.4, -0.2) is 41.7 Å². The van der Waals surface area contributed by atoms with E-state index in [1.54, 1.807) is 0 Å². The van der Waals surface area contributed by atoms with Gasteiger partial charge in [-0.15, -0.1) is 10.2 Å². The largest absolute Gasteiger partial charge is 0.378 e. The summed E-state index contributed by atoms with van der Waals surface area (Å²) in [6, 6.07) is 18.3. The lowest BCUT2D eigenvalue weighted by Crippen LogP contribution is -2.15. The molecule has 3 aromatic heterocycles. The molecule has 0 aliphatic rings. The molecule has 11 heteroatoms. The number of rotatable bonds is 7. The number of nitrogen functional groups attached to an aromatic ring is 1. The van der Waals surface area contributed by atoms with Gasteiger partial charge < -0.3 is 15.6 Å². The van der Waals surface area contributed by atoms with E-state index < -0.39 is 0 Å². The smallest absolute Gasteiger partial charge is 0.236 e. The summed E-state index contributed by atoms with van der Waals surface area (Å²) in [4.78, 5) is 16.9. The number of hydrogen-bond donors (Lipinski definition) is 2. The van der Waals surface area contributed by atoms with E-state index in [0.29, 0.717) is 5.16 Å². The quantitative estimate of drug-likeness (QED) is 0.361. The van der Waals surface area contributed by atoms with Gasteiger partial charge in [-0.05, 0) is 28.4 Å². The molecule has 0 saturated carbocycles. The zero-order valence-electron chi connectivity index (χ0n) is 16.8. The minimum absolute atomic E-state index is 0.0191. The third-order valence-corrected chi connectivity index (χ3v) is 5.76. The van der Waals surface area contributed by atoms with Crippen molar-refractivity contribution in [3.05, 3.63) is 60.2 Å². The van der Waals surface area contributed by atoms with Gasteiger partial charge in [-0.3, -0.25) is 4.79 Å². The Morgan fingerprint density at radius 1 is 1.06 bits per heavy atom. The van der Waals surface area contributed by atoms with Gasteiger partial charge in [0.25, 0.3) is 0 Å².